The molecule has 4 heteroatoms. The van der Waals surface area contributed by atoms with E-state index in [2.05, 4.69) is 15.3 Å². The lowest BCUT2D eigenvalue weighted by Crippen LogP contribution is -2.05. The monoisotopic (exact) mass is 152 g/mol. The number of anilines is 1. The lowest BCUT2D eigenvalue weighted by atomic mass is 10.4. The second kappa shape index (κ2) is 3.88. The molecule has 0 aliphatic carbocycles. The van der Waals surface area contributed by atoms with Crippen molar-refractivity contribution in [2.75, 3.05) is 11.9 Å². The van der Waals surface area contributed by atoms with E-state index in [4.69, 9.17) is 5.73 Å². The van der Waals surface area contributed by atoms with Gasteiger partial charge in [0.05, 0.1) is 11.9 Å². The van der Waals surface area contributed by atoms with Crippen molar-refractivity contribution in [3.8, 4) is 0 Å². The van der Waals surface area contributed by atoms with E-state index < -0.39 is 0 Å². The number of hydrogen-bond acceptors (Lipinski definition) is 4. The second-order valence-electron chi connectivity index (χ2n) is 2.13. The van der Waals surface area contributed by atoms with Crippen molar-refractivity contribution in [3.63, 3.8) is 0 Å². The molecular formula is C7H12N4. The fraction of sp³-hybridized carbons (Fsp3) is 0.429. The van der Waals surface area contributed by atoms with Crippen molar-refractivity contribution in [3.05, 3.63) is 18.1 Å². The normalized spacial score (nSPS) is 9.64. The summed E-state index contributed by atoms with van der Waals surface area (Å²) >= 11 is 0. The Labute approximate surface area is 65.9 Å². The number of hydrogen-bond donors (Lipinski definition) is 2. The Morgan fingerprint density at radius 3 is 3.00 bits per heavy atom. The van der Waals surface area contributed by atoms with E-state index in [1.807, 2.05) is 6.92 Å². The minimum absolute atomic E-state index is 0.437. The molecule has 0 aliphatic rings. The molecule has 0 bridgehead atoms. The van der Waals surface area contributed by atoms with Gasteiger partial charge in [-0.05, 0) is 6.92 Å². The topological polar surface area (TPSA) is 63.8 Å². The van der Waals surface area contributed by atoms with Crippen molar-refractivity contribution in [2.45, 2.75) is 13.5 Å². The molecule has 1 heterocycles. The van der Waals surface area contributed by atoms with Gasteiger partial charge in [-0.3, -0.25) is 4.98 Å². The number of nitrogens with two attached hydrogens (primary N) is 1. The Morgan fingerprint density at radius 2 is 2.36 bits per heavy atom. The minimum Gasteiger partial charge on any atom is -0.369 e. The van der Waals surface area contributed by atoms with Crippen LogP contribution in [0.5, 0.6) is 0 Å². The zero-order chi connectivity index (χ0) is 8.10. The average molecular weight is 152 g/mol. The SMILES string of the molecule is CCNc1cncc(CN)n1. The quantitative estimate of drug-likeness (QED) is 0.656. The third kappa shape index (κ3) is 2.16. The first kappa shape index (κ1) is 7.94. The number of aromatic nitrogens is 2. The molecule has 0 amide bonds. The summed E-state index contributed by atoms with van der Waals surface area (Å²) in [7, 11) is 0. The summed E-state index contributed by atoms with van der Waals surface area (Å²) in [6.07, 6.45) is 3.35. The standard InChI is InChI=1S/C7H12N4/c1-2-10-7-5-9-4-6(3-8)11-7/h4-5H,2-3,8H2,1H3,(H,10,11). The third-order valence-electron chi connectivity index (χ3n) is 1.25. The summed E-state index contributed by atoms with van der Waals surface area (Å²) in [5.41, 5.74) is 6.19. The predicted octanol–water partition coefficient (Wildman–Crippen LogP) is 0.367. The zero-order valence-corrected chi connectivity index (χ0v) is 6.54. The fourth-order valence-corrected chi connectivity index (χ4v) is 0.771. The Morgan fingerprint density at radius 1 is 1.55 bits per heavy atom. The molecule has 0 unspecified atom stereocenters. The van der Waals surface area contributed by atoms with Gasteiger partial charge in [-0.2, -0.15) is 0 Å². The van der Waals surface area contributed by atoms with Crippen LogP contribution in [0.15, 0.2) is 12.4 Å². The molecule has 0 aromatic carbocycles. The van der Waals surface area contributed by atoms with Gasteiger partial charge in [0.25, 0.3) is 0 Å². The molecule has 0 saturated heterocycles. The van der Waals surface area contributed by atoms with Crippen LogP contribution in [0.2, 0.25) is 0 Å². The third-order valence-corrected chi connectivity index (χ3v) is 1.25. The van der Waals surface area contributed by atoms with Gasteiger partial charge < -0.3 is 11.1 Å². The van der Waals surface area contributed by atoms with Crippen LogP contribution in [-0.4, -0.2) is 16.5 Å². The van der Waals surface area contributed by atoms with Crippen LogP contribution in [0.4, 0.5) is 5.82 Å². The summed E-state index contributed by atoms with van der Waals surface area (Å²) < 4.78 is 0. The van der Waals surface area contributed by atoms with Gasteiger partial charge in [0, 0.05) is 19.3 Å². The van der Waals surface area contributed by atoms with Crippen LogP contribution in [-0.2, 0) is 6.54 Å². The molecule has 0 radical (unpaired) electrons. The molecule has 0 atom stereocenters. The first-order valence-corrected chi connectivity index (χ1v) is 3.61. The van der Waals surface area contributed by atoms with Crippen molar-refractivity contribution in [1.29, 1.82) is 0 Å². The number of nitrogens with one attached hydrogen (secondary N) is 1. The molecule has 0 fully saturated rings. The lowest BCUT2D eigenvalue weighted by molar-refractivity contribution is 0.958. The van der Waals surface area contributed by atoms with E-state index in [9.17, 15) is 0 Å². The number of nitrogens with zero attached hydrogens (tertiary/aromatic N) is 2. The molecule has 1 rings (SSSR count). The summed E-state index contributed by atoms with van der Waals surface area (Å²) in [5, 5.41) is 3.05. The second-order valence-corrected chi connectivity index (χ2v) is 2.13. The van der Waals surface area contributed by atoms with Gasteiger partial charge in [0.1, 0.15) is 5.82 Å². The Balaban J connectivity index is 2.74. The molecule has 0 aliphatic heterocycles. The molecule has 11 heavy (non-hydrogen) atoms. The molecule has 4 nitrogen and oxygen atoms in total. The lowest BCUT2D eigenvalue weighted by Gasteiger charge is -2.01. The molecular weight excluding hydrogens is 140 g/mol. The predicted molar refractivity (Wildman–Crippen MR) is 44.1 cm³/mol. The van der Waals surface area contributed by atoms with Crippen LogP contribution in [0, 0.1) is 0 Å². The smallest absolute Gasteiger partial charge is 0.144 e. The van der Waals surface area contributed by atoms with Gasteiger partial charge in [0.15, 0.2) is 0 Å². The molecule has 0 saturated carbocycles. The summed E-state index contributed by atoms with van der Waals surface area (Å²) in [5.74, 6) is 0.787. The van der Waals surface area contributed by atoms with E-state index in [1.165, 1.54) is 0 Å². The summed E-state index contributed by atoms with van der Waals surface area (Å²) in [6, 6.07) is 0. The summed E-state index contributed by atoms with van der Waals surface area (Å²) in [4.78, 5) is 8.15. The Hall–Kier alpha value is -1.16. The maximum Gasteiger partial charge on any atom is 0.144 e. The van der Waals surface area contributed by atoms with E-state index in [1.54, 1.807) is 12.4 Å². The number of rotatable bonds is 3. The Kier molecular flexibility index (Phi) is 2.80. The first-order chi connectivity index (χ1) is 5.36. The van der Waals surface area contributed by atoms with Crippen LogP contribution in [0.3, 0.4) is 0 Å². The highest BCUT2D eigenvalue weighted by Crippen LogP contribution is 1.99. The van der Waals surface area contributed by atoms with Crippen LogP contribution < -0.4 is 11.1 Å². The van der Waals surface area contributed by atoms with Crippen molar-refractivity contribution >= 4 is 5.82 Å². The first-order valence-electron chi connectivity index (χ1n) is 3.61. The van der Waals surface area contributed by atoms with Gasteiger partial charge in [-0.25, -0.2) is 4.98 Å². The van der Waals surface area contributed by atoms with E-state index in [-0.39, 0.29) is 0 Å². The zero-order valence-electron chi connectivity index (χ0n) is 6.54. The highest BCUT2D eigenvalue weighted by Gasteiger charge is 1.93. The van der Waals surface area contributed by atoms with Crippen LogP contribution in [0.25, 0.3) is 0 Å². The highest BCUT2D eigenvalue weighted by molar-refractivity contribution is 5.31. The van der Waals surface area contributed by atoms with E-state index in [0.29, 0.717) is 6.54 Å². The van der Waals surface area contributed by atoms with Gasteiger partial charge in [-0.1, -0.05) is 0 Å². The van der Waals surface area contributed by atoms with Gasteiger partial charge in [0.2, 0.25) is 0 Å². The Bertz CT molecular complexity index is 223. The summed E-state index contributed by atoms with van der Waals surface area (Å²) in [6.45, 7) is 3.30. The molecule has 0 spiro atoms. The maximum absolute atomic E-state index is 5.38. The largest absolute Gasteiger partial charge is 0.369 e. The minimum atomic E-state index is 0.437. The highest BCUT2D eigenvalue weighted by atomic mass is 15.0. The van der Waals surface area contributed by atoms with Gasteiger partial charge in [-0.15, -0.1) is 0 Å². The van der Waals surface area contributed by atoms with Gasteiger partial charge >= 0.3 is 0 Å². The van der Waals surface area contributed by atoms with Crippen molar-refractivity contribution < 1.29 is 0 Å². The average Bonchev–Trinajstić information content (AvgIpc) is 2.06. The van der Waals surface area contributed by atoms with Crippen molar-refractivity contribution in [2.24, 2.45) is 5.73 Å². The maximum atomic E-state index is 5.38. The molecule has 1 aromatic heterocycles. The fourth-order valence-electron chi connectivity index (χ4n) is 0.771. The van der Waals surface area contributed by atoms with Crippen LogP contribution in [0.1, 0.15) is 12.6 Å². The molecule has 1 aromatic rings. The van der Waals surface area contributed by atoms with E-state index >= 15 is 0 Å². The van der Waals surface area contributed by atoms with Crippen molar-refractivity contribution in [1.82, 2.24) is 9.97 Å². The molecule has 60 valence electrons. The van der Waals surface area contributed by atoms with Crippen LogP contribution >= 0.6 is 0 Å². The molecule has 3 N–H and O–H groups in total. The van der Waals surface area contributed by atoms with E-state index in [0.717, 1.165) is 18.1 Å².